The highest BCUT2D eigenvalue weighted by Crippen LogP contribution is 2.24. The molecule has 1 aliphatic carbocycles. The van der Waals surface area contributed by atoms with Crippen molar-refractivity contribution in [3.05, 3.63) is 29.8 Å². The van der Waals surface area contributed by atoms with E-state index in [0.29, 0.717) is 0 Å². The van der Waals surface area contributed by atoms with Crippen LogP contribution < -0.4 is 5.32 Å². The van der Waals surface area contributed by atoms with Crippen LogP contribution in [0.25, 0.3) is 0 Å². The van der Waals surface area contributed by atoms with Gasteiger partial charge in [0.05, 0.1) is 11.6 Å². The highest BCUT2D eigenvalue weighted by atomic mass is 14.9. The van der Waals surface area contributed by atoms with Gasteiger partial charge in [-0.1, -0.05) is 25.3 Å². The molecule has 0 spiro atoms. The van der Waals surface area contributed by atoms with Crippen LogP contribution in [0.5, 0.6) is 0 Å². The Morgan fingerprint density at radius 2 is 2.06 bits per heavy atom. The van der Waals surface area contributed by atoms with Crippen molar-refractivity contribution in [2.24, 2.45) is 5.92 Å². The average molecular weight is 214 g/mol. The van der Waals surface area contributed by atoms with E-state index in [9.17, 15) is 0 Å². The summed E-state index contributed by atoms with van der Waals surface area (Å²) in [6, 6.07) is 9.89. The first-order valence-electron chi connectivity index (χ1n) is 6.12. The van der Waals surface area contributed by atoms with Crippen LogP contribution in [0.2, 0.25) is 0 Å². The van der Waals surface area contributed by atoms with Crippen molar-refractivity contribution in [3.63, 3.8) is 0 Å². The van der Waals surface area contributed by atoms with Gasteiger partial charge in [0, 0.05) is 12.2 Å². The Bertz CT molecular complexity index is 373. The summed E-state index contributed by atoms with van der Waals surface area (Å²) < 4.78 is 0. The average Bonchev–Trinajstić information content (AvgIpc) is 2.38. The molecule has 0 atom stereocenters. The molecule has 0 saturated heterocycles. The van der Waals surface area contributed by atoms with Gasteiger partial charge in [0.1, 0.15) is 0 Å². The van der Waals surface area contributed by atoms with Crippen LogP contribution in [0, 0.1) is 17.2 Å². The molecule has 2 nitrogen and oxygen atoms in total. The van der Waals surface area contributed by atoms with Crippen LogP contribution >= 0.6 is 0 Å². The number of anilines is 1. The molecule has 0 unspecified atom stereocenters. The van der Waals surface area contributed by atoms with Crippen LogP contribution in [0.3, 0.4) is 0 Å². The molecule has 0 heterocycles. The van der Waals surface area contributed by atoms with Gasteiger partial charge in [0.2, 0.25) is 0 Å². The summed E-state index contributed by atoms with van der Waals surface area (Å²) in [6.07, 6.45) is 6.87. The van der Waals surface area contributed by atoms with Crippen molar-refractivity contribution in [1.82, 2.24) is 0 Å². The smallest absolute Gasteiger partial charge is 0.0992 e. The second-order valence-corrected chi connectivity index (χ2v) is 4.58. The third-order valence-corrected chi connectivity index (χ3v) is 3.31. The van der Waals surface area contributed by atoms with E-state index in [0.717, 1.165) is 23.7 Å². The predicted octanol–water partition coefficient (Wildman–Crippen LogP) is 3.55. The summed E-state index contributed by atoms with van der Waals surface area (Å²) in [7, 11) is 0. The minimum atomic E-state index is 0.730. The maximum absolute atomic E-state index is 8.80. The van der Waals surface area contributed by atoms with E-state index in [-0.39, 0.29) is 0 Å². The number of hydrogen-bond acceptors (Lipinski definition) is 2. The van der Waals surface area contributed by atoms with E-state index in [1.165, 1.54) is 32.1 Å². The minimum absolute atomic E-state index is 0.730. The molecule has 84 valence electrons. The van der Waals surface area contributed by atoms with E-state index in [1.807, 2.05) is 24.3 Å². The lowest BCUT2D eigenvalue weighted by Gasteiger charge is -2.22. The van der Waals surface area contributed by atoms with E-state index < -0.39 is 0 Å². The zero-order chi connectivity index (χ0) is 11.2. The summed E-state index contributed by atoms with van der Waals surface area (Å²) in [6.45, 7) is 1.05. The van der Waals surface area contributed by atoms with E-state index in [1.54, 1.807) is 0 Å². The topological polar surface area (TPSA) is 35.8 Å². The quantitative estimate of drug-likeness (QED) is 0.835. The molecule has 1 aromatic rings. The molecule has 2 rings (SSSR count). The van der Waals surface area contributed by atoms with Gasteiger partial charge in [0.25, 0.3) is 0 Å². The highest BCUT2D eigenvalue weighted by Gasteiger charge is 2.12. The lowest BCUT2D eigenvalue weighted by Crippen LogP contribution is -2.17. The Morgan fingerprint density at radius 1 is 1.25 bits per heavy atom. The van der Waals surface area contributed by atoms with Crippen LogP contribution in [0.1, 0.15) is 37.7 Å². The Morgan fingerprint density at radius 3 is 2.81 bits per heavy atom. The number of benzene rings is 1. The molecule has 0 aromatic heterocycles. The van der Waals surface area contributed by atoms with Crippen molar-refractivity contribution in [2.45, 2.75) is 32.1 Å². The molecule has 1 fully saturated rings. The maximum Gasteiger partial charge on any atom is 0.0992 e. The zero-order valence-corrected chi connectivity index (χ0v) is 9.58. The fraction of sp³-hybridized carbons (Fsp3) is 0.500. The Balaban J connectivity index is 1.86. The van der Waals surface area contributed by atoms with Crippen molar-refractivity contribution in [2.75, 3.05) is 11.9 Å². The van der Waals surface area contributed by atoms with Gasteiger partial charge in [0.15, 0.2) is 0 Å². The standard InChI is InChI=1S/C14H18N2/c15-10-13-7-4-8-14(9-13)16-11-12-5-2-1-3-6-12/h4,7-9,12,16H,1-3,5-6,11H2. The van der Waals surface area contributed by atoms with Crippen LogP contribution in [-0.2, 0) is 0 Å². The van der Waals surface area contributed by atoms with Crippen LogP contribution in [-0.4, -0.2) is 6.54 Å². The molecule has 0 bridgehead atoms. The van der Waals surface area contributed by atoms with Gasteiger partial charge in [-0.05, 0) is 37.0 Å². The second kappa shape index (κ2) is 5.55. The summed E-state index contributed by atoms with van der Waals surface area (Å²) in [5.74, 6) is 0.819. The van der Waals surface area contributed by atoms with Crippen molar-refractivity contribution < 1.29 is 0 Å². The van der Waals surface area contributed by atoms with E-state index >= 15 is 0 Å². The van der Waals surface area contributed by atoms with Gasteiger partial charge < -0.3 is 5.32 Å². The number of nitrogens with zero attached hydrogens (tertiary/aromatic N) is 1. The van der Waals surface area contributed by atoms with E-state index in [4.69, 9.17) is 5.26 Å². The third-order valence-electron chi connectivity index (χ3n) is 3.31. The van der Waals surface area contributed by atoms with E-state index in [2.05, 4.69) is 11.4 Å². The molecule has 2 heteroatoms. The largest absolute Gasteiger partial charge is 0.385 e. The van der Waals surface area contributed by atoms with Crippen molar-refractivity contribution in [3.8, 4) is 6.07 Å². The lowest BCUT2D eigenvalue weighted by atomic mass is 9.89. The number of nitrogens with one attached hydrogen (secondary N) is 1. The monoisotopic (exact) mass is 214 g/mol. The Kier molecular flexibility index (Phi) is 3.82. The number of rotatable bonds is 3. The first kappa shape index (κ1) is 11.0. The molecular formula is C14H18N2. The first-order chi connectivity index (χ1) is 7.88. The van der Waals surface area contributed by atoms with Crippen LogP contribution in [0.4, 0.5) is 5.69 Å². The molecule has 0 amide bonds. The van der Waals surface area contributed by atoms with Gasteiger partial charge >= 0.3 is 0 Å². The van der Waals surface area contributed by atoms with Gasteiger partial charge in [-0.25, -0.2) is 0 Å². The molecule has 1 aromatic carbocycles. The molecule has 0 aliphatic heterocycles. The molecule has 16 heavy (non-hydrogen) atoms. The summed E-state index contributed by atoms with van der Waals surface area (Å²) >= 11 is 0. The fourth-order valence-corrected chi connectivity index (χ4v) is 2.35. The predicted molar refractivity (Wildman–Crippen MR) is 66.2 cm³/mol. The SMILES string of the molecule is N#Cc1cccc(NCC2CCCCC2)c1. The van der Waals surface area contributed by atoms with Gasteiger partial charge in [-0.2, -0.15) is 5.26 Å². The summed E-state index contributed by atoms with van der Waals surface area (Å²) in [5.41, 5.74) is 1.80. The van der Waals surface area contributed by atoms with Gasteiger partial charge in [-0.15, -0.1) is 0 Å². The van der Waals surface area contributed by atoms with Gasteiger partial charge in [-0.3, -0.25) is 0 Å². The molecular weight excluding hydrogens is 196 g/mol. The minimum Gasteiger partial charge on any atom is -0.385 e. The fourth-order valence-electron chi connectivity index (χ4n) is 2.35. The zero-order valence-electron chi connectivity index (χ0n) is 9.58. The molecule has 1 aliphatic rings. The summed E-state index contributed by atoms with van der Waals surface area (Å²) in [4.78, 5) is 0. The molecule has 1 saturated carbocycles. The van der Waals surface area contributed by atoms with Crippen molar-refractivity contribution >= 4 is 5.69 Å². The summed E-state index contributed by atoms with van der Waals surface area (Å²) in [5, 5.41) is 12.2. The third kappa shape index (κ3) is 3.00. The van der Waals surface area contributed by atoms with Crippen LogP contribution in [0.15, 0.2) is 24.3 Å². The molecule has 1 N–H and O–H groups in total. The lowest BCUT2D eigenvalue weighted by molar-refractivity contribution is 0.373. The first-order valence-corrected chi connectivity index (χ1v) is 6.12. The maximum atomic E-state index is 8.80. The Hall–Kier alpha value is -1.49. The number of hydrogen-bond donors (Lipinski definition) is 1. The Labute approximate surface area is 97.3 Å². The number of nitriles is 1. The molecule has 0 radical (unpaired) electrons. The normalized spacial score (nSPS) is 16.7. The highest BCUT2D eigenvalue weighted by molar-refractivity contribution is 5.49. The second-order valence-electron chi connectivity index (χ2n) is 4.58. The van der Waals surface area contributed by atoms with Crippen molar-refractivity contribution in [1.29, 1.82) is 5.26 Å².